The fourth-order valence-corrected chi connectivity index (χ4v) is 2.24. The highest BCUT2D eigenvalue weighted by Crippen LogP contribution is 2.39. The average molecular weight is 308 g/mol. The molecule has 0 saturated heterocycles. The van der Waals surface area contributed by atoms with E-state index in [9.17, 15) is 0 Å². The molecule has 6 nitrogen and oxygen atoms in total. The van der Waals surface area contributed by atoms with Crippen molar-refractivity contribution in [2.45, 2.75) is 32.6 Å². The molecule has 1 N–H and O–H groups in total. The lowest BCUT2D eigenvalue weighted by molar-refractivity contribution is 0.143. The molecule has 1 aliphatic carbocycles. The number of nitrogens with one attached hydrogen (secondary N) is 1. The molecule has 1 aliphatic rings. The fourth-order valence-electron chi connectivity index (χ4n) is 2.24. The van der Waals surface area contributed by atoms with Crippen molar-refractivity contribution in [3.05, 3.63) is 11.9 Å². The second-order valence-corrected chi connectivity index (χ2v) is 5.52. The van der Waals surface area contributed by atoms with E-state index in [-0.39, 0.29) is 0 Å². The minimum absolute atomic E-state index is 0.509. The summed E-state index contributed by atoms with van der Waals surface area (Å²) < 4.78 is 10.7. The van der Waals surface area contributed by atoms with E-state index in [1.807, 2.05) is 6.07 Å². The first-order valence-electron chi connectivity index (χ1n) is 8.23. The molecule has 0 amide bonds. The van der Waals surface area contributed by atoms with Crippen LogP contribution in [-0.4, -0.2) is 61.4 Å². The van der Waals surface area contributed by atoms with Gasteiger partial charge in [0.15, 0.2) is 0 Å². The van der Waals surface area contributed by atoms with Crippen LogP contribution in [0, 0.1) is 0 Å². The summed E-state index contributed by atoms with van der Waals surface area (Å²) in [6.45, 7) is 9.46. The van der Waals surface area contributed by atoms with Crippen LogP contribution in [0.3, 0.4) is 0 Å². The van der Waals surface area contributed by atoms with E-state index < -0.39 is 0 Å². The van der Waals surface area contributed by atoms with Crippen LogP contribution in [0.15, 0.2) is 6.07 Å². The number of likely N-dealkylation sites (N-methyl/N-ethyl adjacent to an activating group) is 1. The molecular weight excluding hydrogens is 280 g/mol. The van der Waals surface area contributed by atoms with E-state index in [1.165, 1.54) is 12.8 Å². The number of aromatic nitrogens is 2. The molecule has 1 heterocycles. The van der Waals surface area contributed by atoms with Gasteiger partial charge in [-0.2, -0.15) is 4.98 Å². The molecule has 0 atom stereocenters. The number of anilines is 1. The molecular formula is C16H28N4O2. The summed E-state index contributed by atoms with van der Waals surface area (Å²) in [6.07, 6.45) is 2.36. The summed E-state index contributed by atoms with van der Waals surface area (Å²) in [6, 6.07) is 1.88. The molecule has 0 bridgehead atoms. The molecule has 1 aromatic rings. The van der Waals surface area contributed by atoms with Gasteiger partial charge in [-0.1, -0.05) is 13.8 Å². The van der Waals surface area contributed by atoms with Gasteiger partial charge in [0.2, 0.25) is 5.88 Å². The van der Waals surface area contributed by atoms with E-state index in [0.29, 0.717) is 25.0 Å². The molecule has 0 aromatic carbocycles. The lowest BCUT2D eigenvalue weighted by atomic mass is 10.4. The van der Waals surface area contributed by atoms with Crippen molar-refractivity contribution in [2.24, 2.45) is 0 Å². The lowest BCUT2D eigenvalue weighted by Gasteiger charge is -2.18. The lowest BCUT2D eigenvalue weighted by Crippen LogP contribution is -2.28. The van der Waals surface area contributed by atoms with Gasteiger partial charge in [0.1, 0.15) is 18.2 Å². The van der Waals surface area contributed by atoms with E-state index in [1.54, 1.807) is 7.11 Å². The van der Waals surface area contributed by atoms with Gasteiger partial charge >= 0.3 is 0 Å². The first kappa shape index (κ1) is 17.0. The third kappa shape index (κ3) is 5.42. The minimum atomic E-state index is 0.509. The predicted molar refractivity (Wildman–Crippen MR) is 87.7 cm³/mol. The van der Waals surface area contributed by atoms with Crippen LogP contribution >= 0.6 is 0 Å². The van der Waals surface area contributed by atoms with Gasteiger partial charge in [0.25, 0.3) is 0 Å². The van der Waals surface area contributed by atoms with Crippen molar-refractivity contribution in [1.29, 1.82) is 0 Å². The average Bonchev–Trinajstić information content (AvgIpc) is 3.37. The standard InChI is InChI=1S/C16H28N4O2/c1-4-20(5-2)9-8-17-14-12-15(22-11-10-21-3)19-16(18-14)13-6-7-13/h12-13H,4-11H2,1-3H3,(H,17,18,19). The fraction of sp³-hybridized carbons (Fsp3) is 0.750. The topological polar surface area (TPSA) is 59.5 Å². The highest BCUT2D eigenvalue weighted by molar-refractivity contribution is 5.39. The van der Waals surface area contributed by atoms with Gasteiger partial charge in [-0.3, -0.25) is 0 Å². The molecule has 1 fully saturated rings. The van der Waals surface area contributed by atoms with Crippen LogP contribution in [0.25, 0.3) is 0 Å². The smallest absolute Gasteiger partial charge is 0.218 e. The zero-order chi connectivity index (χ0) is 15.8. The van der Waals surface area contributed by atoms with Crippen LogP contribution in [0.2, 0.25) is 0 Å². The Morgan fingerprint density at radius 1 is 1.23 bits per heavy atom. The number of rotatable bonds is 11. The van der Waals surface area contributed by atoms with Crippen molar-refractivity contribution in [2.75, 3.05) is 51.8 Å². The molecule has 2 rings (SSSR count). The Bertz CT molecular complexity index is 448. The molecule has 1 aromatic heterocycles. The molecule has 124 valence electrons. The maximum Gasteiger partial charge on any atom is 0.218 e. The molecule has 22 heavy (non-hydrogen) atoms. The third-order valence-corrected chi connectivity index (χ3v) is 3.83. The number of hydrogen-bond donors (Lipinski definition) is 1. The largest absolute Gasteiger partial charge is 0.475 e. The molecule has 0 unspecified atom stereocenters. The Morgan fingerprint density at radius 3 is 2.64 bits per heavy atom. The molecule has 0 radical (unpaired) electrons. The number of ether oxygens (including phenoxy) is 2. The Morgan fingerprint density at radius 2 is 2.00 bits per heavy atom. The van der Waals surface area contributed by atoms with Gasteiger partial charge in [-0.15, -0.1) is 0 Å². The van der Waals surface area contributed by atoms with Crippen molar-refractivity contribution in [3.8, 4) is 5.88 Å². The van der Waals surface area contributed by atoms with E-state index in [0.717, 1.165) is 37.8 Å². The van der Waals surface area contributed by atoms with Crippen LogP contribution in [0.1, 0.15) is 38.4 Å². The summed E-state index contributed by atoms with van der Waals surface area (Å²) >= 11 is 0. The summed E-state index contributed by atoms with van der Waals surface area (Å²) in [4.78, 5) is 11.5. The summed E-state index contributed by atoms with van der Waals surface area (Å²) in [5.41, 5.74) is 0. The van der Waals surface area contributed by atoms with Crippen molar-refractivity contribution >= 4 is 5.82 Å². The molecule has 6 heteroatoms. The van der Waals surface area contributed by atoms with Crippen LogP contribution in [0.4, 0.5) is 5.82 Å². The van der Waals surface area contributed by atoms with E-state index in [4.69, 9.17) is 9.47 Å². The predicted octanol–water partition coefficient (Wildman–Crippen LogP) is 2.13. The molecule has 0 spiro atoms. The van der Waals surface area contributed by atoms with Crippen LogP contribution < -0.4 is 10.1 Å². The maximum atomic E-state index is 5.65. The van der Waals surface area contributed by atoms with Crippen molar-refractivity contribution in [3.63, 3.8) is 0 Å². The zero-order valence-electron chi connectivity index (χ0n) is 14.0. The first-order chi connectivity index (χ1) is 10.8. The Labute approximate surface area is 133 Å². The Kier molecular flexibility index (Phi) is 6.86. The second kappa shape index (κ2) is 8.90. The SMILES string of the molecule is CCN(CC)CCNc1cc(OCCOC)nc(C2CC2)n1. The van der Waals surface area contributed by atoms with Gasteiger partial charge in [-0.05, 0) is 25.9 Å². The minimum Gasteiger partial charge on any atom is -0.475 e. The number of nitrogens with zero attached hydrogens (tertiary/aromatic N) is 3. The number of hydrogen-bond acceptors (Lipinski definition) is 6. The van der Waals surface area contributed by atoms with Crippen LogP contribution in [0.5, 0.6) is 5.88 Å². The van der Waals surface area contributed by atoms with Crippen molar-refractivity contribution < 1.29 is 9.47 Å². The number of methoxy groups -OCH3 is 1. The van der Waals surface area contributed by atoms with Gasteiger partial charge in [-0.25, -0.2) is 4.98 Å². The highest BCUT2D eigenvalue weighted by atomic mass is 16.5. The van der Waals surface area contributed by atoms with Crippen LogP contribution in [-0.2, 0) is 4.74 Å². The summed E-state index contributed by atoms with van der Waals surface area (Å²) in [7, 11) is 1.67. The first-order valence-corrected chi connectivity index (χ1v) is 8.23. The molecule has 0 aliphatic heterocycles. The third-order valence-electron chi connectivity index (χ3n) is 3.83. The Balaban J connectivity index is 1.93. The quantitative estimate of drug-likeness (QED) is 0.632. The van der Waals surface area contributed by atoms with E-state index in [2.05, 4.69) is 34.0 Å². The maximum absolute atomic E-state index is 5.65. The Hall–Kier alpha value is -1.40. The normalized spacial score (nSPS) is 14.4. The van der Waals surface area contributed by atoms with Crippen molar-refractivity contribution in [1.82, 2.24) is 14.9 Å². The molecule has 1 saturated carbocycles. The summed E-state index contributed by atoms with van der Waals surface area (Å²) in [5, 5.41) is 3.39. The van der Waals surface area contributed by atoms with Gasteiger partial charge in [0.05, 0.1) is 6.61 Å². The monoisotopic (exact) mass is 308 g/mol. The van der Waals surface area contributed by atoms with E-state index >= 15 is 0 Å². The zero-order valence-corrected chi connectivity index (χ0v) is 14.0. The highest BCUT2D eigenvalue weighted by Gasteiger charge is 2.27. The summed E-state index contributed by atoms with van der Waals surface area (Å²) in [5.74, 6) is 2.91. The van der Waals surface area contributed by atoms with Gasteiger partial charge < -0.3 is 19.7 Å². The second-order valence-electron chi connectivity index (χ2n) is 5.52. The van der Waals surface area contributed by atoms with Gasteiger partial charge in [0, 0.05) is 32.2 Å².